The molecule has 1 unspecified atom stereocenters. The average Bonchev–Trinajstić information content (AvgIpc) is 3.18. The van der Waals surface area contributed by atoms with E-state index in [2.05, 4.69) is 0 Å². The minimum atomic E-state index is -0.397. The van der Waals surface area contributed by atoms with Crippen LogP contribution in [0, 0.1) is 5.92 Å². The van der Waals surface area contributed by atoms with Crippen LogP contribution in [0.3, 0.4) is 0 Å². The van der Waals surface area contributed by atoms with Crippen molar-refractivity contribution in [2.24, 2.45) is 5.92 Å². The molecule has 0 aliphatic carbocycles. The lowest BCUT2D eigenvalue weighted by molar-refractivity contribution is -0.136. The average molecular weight is 438 g/mol. The van der Waals surface area contributed by atoms with Gasteiger partial charge in [-0.15, -0.1) is 0 Å². The van der Waals surface area contributed by atoms with Crippen molar-refractivity contribution in [1.29, 1.82) is 0 Å². The standard InChI is InChI=1S/C25H31N3O4/c1-5-27(16-18-11-13-19(14-12-18)24(30)26(3)4)25(31)20-15-23(29)28(17-20)21-9-7-8-10-22(21)32-6-2/h7-14,20H,5-6,15-17H2,1-4H3. The van der Waals surface area contributed by atoms with Crippen LogP contribution in [0.15, 0.2) is 48.5 Å². The lowest BCUT2D eigenvalue weighted by atomic mass is 10.1. The van der Waals surface area contributed by atoms with Crippen molar-refractivity contribution in [3.05, 3.63) is 59.7 Å². The molecule has 0 radical (unpaired) electrons. The van der Waals surface area contributed by atoms with Crippen LogP contribution < -0.4 is 9.64 Å². The second-order valence-electron chi connectivity index (χ2n) is 8.06. The van der Waals surface area contributed by atoms with E-state index in [4.69, 9.17) is 4.74 Å². The first kappa shape index (κ1) is 23.3. The fraction of sp³-hybridized carbons (Fsp3) is 0.400. The number of carbonyl (C=O) groups is 3. The largest absolute Gasteiger partial charge is 0.492 e. The van der Waals surface area contributed by atoms with Crippen LogP contribution in [-0.2, 0) is 16.1 Å². The maximum absolute atomic E-state index is 13.2. The van der Waals surface area contributed by atoms with Gasteiger partial charge >= 0.3 is 0 Å². The minimum absolute atomic E-state index is 0.0364. The summed E-state index contributed by atoms with van der Waals surface area (Å²) >= 11 is 0. The number of rotatable bonds is 8. The van der Waals surface area contributed by atoms with Gasteiger partial charge in [0, 0.05) is 45.7 Å². The number of carbonyl (C=O) groups excluding carboxylic acids is 3. The Balaban J connectivity index is 1.70. The summed E-state index contributed by atoms with van der Waals surface area (Å²) in [5, 5.41) is 0. The normalized spacial score (nSPS) is 15.6. The summed E-state index contributed by atoms with van der Waals surface area (Å²) in [7, 11) is 3.43. The van der Waals surface area contributed by atoms with Gasteiger partial charge in [-0.2, -0.15) is 0 Å². The number of ether oxygens (including phenoxy) is 1. The van der Waals surface area contributed by atoms with E-state index >= 15 is 0 Å². The minimum Gasteiger partial charge on any atom is -0.492 e. The Morgan fingerprint density at radius 3 is 2.38 bits per heavy atom. The topological polar surface area (TPSA) is 70.2 Å². The molecule has 1 aliphatic heterocycles. The van der Waals surface area contributed by atoms with E-state index in [1.54, 1.807) is 36.0 Å². The van der Waals surface area contributed by atoms with Gasteiger partial charge in [0.05, 0.1) is 18.2 Å². The summed E-state index contributed by atoms with van der Waals surface area (Å²) in [6.45, 7) is 5.65. The number of hydrogen-bond donors (Lipinski definition) is 0. The van der Waals surface area contributed by atoms with Gasteiger partial charge in [0.25, 0.3) is 5.91 Å². The fourth-order valence-electron chi connectivity index (χ4n) is 3.90. The van der Waals surface area contributed by atoms with Crippen molar-refractivity contribution in [3.63, 3.8) is 0 Å². The van der Waals surface area contributed by atoms with Gasteiger partial charge in [-0.3, -0.25) is 14.4 Å². The Bertz CT molecular complexity index is 971. The lowest BCUT2D eigenvalue weighted by Gasteiger charge is -2.25. The van der Waals surface area contributed by atoms with Crippen LogP contribution in [0.4, 0.5) is 5.69 Å². The molecule has 1 fully saturated rings. The maximum atomic E-state index is 13.2. The zero-order valence-electron chi connectivity index (χ0n) is 19.2. The first-order valence-corrected chi connectivity index (χ1v) is 11.0. The molecule has 32 heavy (non-hydrogen) atoms. The molecule has 1 aliphatic rings. The summed E-state index contributed by atoms with van der Waals surface area (Å²) in [4.78, 5) is 43.0. The van der Waals surface area contributed by atoms with Gasteiger partial charge in [0.15, 0.2) is 0 Å². The van der Waals surface area contributed by atoms with Crippen molar-refractivity contribution in [2.45, 2.75) is 26.8 Å². The molecule has 0 saturated carbocycles. The maximum Gasteiger partial charge on any atom is 0.253 e. The van der Waals surface area contributed by atoms with Gasteiger partial charge in [-0.05, 0) is 43.7 Å². The third kappa shape index (κ3) is 5.10. The van der Waals surface area contributed by atoms with Crippen LogP contribution in [0.2, 0.25) is 0 Å². The van der Waals surface area contributed by atoms with Crippen LogP contribution >= 0.6 is 0 Å². The molecule has 1 saturated heterocycles. The molecule has 0 aromatic heterocycles. The fourth-order valence-corrected chi connectivity index (χ4v) is 3.90. The van der Waals surface area contributed by atoms with E-state index < -0.39 is 5.92 Å². The molecule has 7 heteroatoms. The van der Waals surface area contributed by atoms with E-state index in [0.717, 1.165) is 5.56 Å². The Labute approximate surface area is 189 Å². The SMILES string of the molecule is CCOc1ccccc1N1CC(C(=O)N(CC)Cc2ccc(C(=O)N(C)C)cc2)CC1=O. The van der Waals surface area contributed by atoms with Crippen LogP contribution in [0.1, 0.15) is 36.2 Å². The number of hydrogen-bond acceptors (Lipinski definition) is 4. The summed E-state index contributed by atoms with van der Waals surface area (Å²) < 4.78 is 5.67. The lowest BCUT2D eigenvalue weighted by Crippen LogP contribution is -2.37. The number of amides is 3. The summed E-state index contributed by atoms with van der Waals surface area (Å²) in [5.41, 5.74) is 2.26. The Hall–Kier alpha value is -3.35. The van der Waals surface area contributed by atoms with Crippen LogP contribution in [0.25, 0.3) is 0 Å². The van der Waals surface area contributed by atoms with Gasteiger partial charge in [-0.25, -0.2) is 0 Å². The molecule has 2 aromatic rings. The number of nitrogens with zero attached hydrogens (tertiary/aromatic N) is 3. The molecule has 0 spiro atoms. The molecular formula is C25H31N3O4. The Morgan fingerprint density at radius 1 is 1.06 bits per heavy atom. The second kappa shape index (κ2) is 10.3. The van der Waals surface area contributed by atoms with E-state index in [1.807, 2.05) is 50.2 Å². The first-order valence-electron chi connectivity index (χ1n) is 11.0. The molecule has 3 rings (SSSR count). The molecule has 0 N–H and O–H groups in total. The number of benzene rings is 2. The Morgan fingerprint density at radius 2 is 1.75 bits per heavy atom. The van der Waals surface area contributed by atoms with Crippen molar-refractivity contribution < 1.29 is 19.1 Å². The molecule has 7 nitrogen and oxygen atoms in total. The van der Waals surface area contributed by atoms with Crippen molar-refractivity contribution in [2.75, 3.05) is 38.7 Å². The molecule has 3 amide bonds. The zero-order chi connectivity index (χ0) is 23.3. The number of para-hydroxylation sites is 2. The van der Waals surface area contributed by atoms with E-state index in [-0.39, 0.29) is 24.1 Å². The third-order valence-corrected chi connectivity index (χ3v) is 5.60. The summed E-state index contributed by atoms with van der Waals surface area (Å²) in [6, 6.07) is 14.7. The Kier molecular flexibility index (Phi) is 7.51. The van der Waals surface area contributed by atoms with E-state index in [1.165, 1.54) is 4.90 Å². The van der Waals surface area contributed by atoms with Gasteiger partial charge in [0.1, 0.15) is 5.75 Å². The van der Waals surface area contributed by atoms with E-state index in [0.29, 0.717) is 43.2 Å². The highest BCUT2D eigenvalue weighted by Crippen LogP contribution is 2.33. The highest BCUT2D eigenvalue weighted by atomic mass is 16.5. The third-order valence-electron chi connectivity index (χ3n) is 5.60. The molecule has 2 aromatic carbocycles. The van der Waals surface area contributed by atoms with Gasteiger partial charge in [0.2, 0.25) is 11.8 Å². The van der Waals surface area contributed by atoms with Crippen LogP contribution in [-0.4, -0.2) is 61.3 Å². The van der Waals surface area contributed by atoms with Crippen molar-refractivity contribution >= 4 is 23.4 Å². The van der Waals surface area contributed by atoms with Gasteiger partial charge in [-0.1, -0.05) is 24.3 Å². The second-order valence-corrected chi connectivity index (χ2v) is 8.06. The van der Waals surface area contributed by atoms with E-state index in [9.17, 15) is 14.4 Å². The molecule has 1 heterocycles. The van der Waals surface area contributed by atoms with Crippen molar-refractivity contribution in [3.8, 4) is 5.75 Å². The number of anilines is 1. The molecular weight excluding hydrogens is 406 g/mol. The molecule has 1 atom stereocenters. The van der Waals surface area contributed by atoms with Gasteiger partial charge < -0.3 is 19.4 Å². The van der Waals surface area contributed by atoms with Crippen LogP contribution in [0.5, 0.6) is 5.75 Å². The molecule has 170 valence electrons. The highest BCUT2D eigenvalue weighted by molar-refractivity contribution is 6.01. The smallest absolute Gasteiger partial charge is 0.253 e. The zero-order valence-corrected chi connectivity index (χ0v) is 19.2. The predicted molar refractivity (Wildman–Crippen MR) is 124 cm³/mol. The predicted octanol–water partition coefficient (Wildman–Crippen LogP) is 3.19. The summed E-state index contributed by atoms with van der Waals surface area (Å²) in [6.07, 6.45) is 0.187. The summed E-state index contributed by atoms with van der Waals surface area (Å²) in [5.74, 6) is 0.0866. The van der Waals surface area contributed by atoms with Crippen molar-refractivity contribution in [1.82, 2.24) is 9.80 Å². The monoisotopic (exact) mass is 437 g/mol. The first-order chi connectivity index (χ1) is 15.3. The quantitative estimate of drug-likeness (QED) is 0.636. The molecule has 0 bridgehead atoms. The highest BCUT2D eigenvalue weighted by Gasteiger charge is 2.37.